The van der Waals surface area contributed by atoms with Gasteiger partial charge in [0, 0.05) is 66.5 Å². The molecule has 0 bridgehead atoms. The Balaban J connectivity index is 4.82. The molecule has 0 atom stereocenters. The topological polar surface area (TPSA) is 206 Å². The van der Waals surface area contributed by atoms with Gasteiger partial charge in [0.25, 0.3) is 0 Å². The van der Waals surface area contributed by atoms with Gasteiger partial charge in [0.2, 0.25) is 0 Å². The lowest BCUT2D eigenvalue weighted by Gasteiger charge is -2.27. The van der Waals surface area contributed by atoms with Gasteiger partial charge in [0.05, 0.1) is 0 Å². The van der Waals surface area contributed by atoms with Gasteiger partial charge in [-0.2, -0.15) is 0 Å². The van der Waals surface area contributed by atoms with Crippen molar-refractivity contribution in [1.82, 2.24) is 25.3 Å². The van der Waals surface area contributed by atoms with Crippen LogP contribution in [-0.4, -0.2) is 115 Å². The van der Waals surface area contributed by atoms with Gasteiger partial charge >= 0.3 is 22.8 Å². The van der Waals surface area contributed by atoms with Gasteiger partial charge in [-0.15, -0.1) is 0 Å². The second kappa shape index (κ2) is 16.0. The summed E-state index contributed by atoms with van der Waals surface area (Å²) >= 11 is 0. The Bertz CT molecular complexity index is 600. The second-order valence-corrected chi connectivity index (χ2v) is 12.3. The minimum atomic E-state index is -4.34. The van der Waals surface area contributed by atoms with Gasteiger partial charge in [0.1, 0.15) is 18.9 Å². The van der Waals surface area contributed by atoms with Crippen molar-refractivity contribution in [3.8, 4) is 0 Å². The van der Waals surface area contributed by atoms with E-state index in [1.165, 1.54) is 0 Å². The zero-order valence-electron chi connectivity index (χ0n) is 18.2. The summed E-state index contributed by atoms with van der Waals surface area (Å²) in [6.07, 6.45) is -0.510. The molecule has 14 nitrogen and oxygen atoms in total. The smallest absolute Gasteiger partial charge is 0.324 e. The maximum Gasteiger partial charge on any atom is 0.339 e. The van der Waals surface area contributed by atoms with Crippen LogP contribution in [0.3, 0.4) is 0 Å². The van der Waals surface area contributed by atoms with Gasteiger partial charge in [-0.3, -0.25) is 28.4 Å². The molecule has 2 radical (unpaired) electrons. The average molecular weight is 525 g/mol. The highest BCUT2D eigenvalue weighted by molar-refractivity contribution is 7.52. The van der Waals surface area contributed by atoms with E-state index in [1.807, 2.05) is 0 Å². The first-order valence-corrected chi connectivity index (χ1v) is 15.3. The second-order valence-electron chi connectivity index (χ2n) is 7.48. The molecule has 0 aromatic carbocycles. The Morgan fingerprint density at radius 3 is 1.00 bits per heavy atom. The Labute approximate surface area is 189 Å². The lowest BCUT2D eigenvalue weighted by atomic mass is 10.3. The highest BCUT2D eigenvalue weighted by Gasteiger charge is 2.23. The SMILES string of the molecule is [CH2]NCCN(CCCN(CCCN(CCN[CH2])CP(=O)(O)O)CP(=O)(O)O)CP(=O)(O)O. The molecule has 0 fully saturated rings. The Hall–Kier alpha value is 0.250. The molecule has 0 aliphatic rings. The van der Waals surface area contributed by atoms with Crippen LogP contribution in [0.5, 0.6) is 0 Å². The molecular formula is C15H38N5O9P3. The summed E-state index contributed by atoms with van der Waals surface area (Å²) in [6, 6.07) is 0. The molecule has 0 aromatic rings. The predicted octanol–water partition coefficient (Wildman–Crippen LogP) is -1.16. The van der Waals surface area contributed by atoms with Crippen LogP contribution in [0.2, 0.25) is 0 Å². The van der Waals surface area contributed by atoms with Crippen LogP contribution in [-0.2, 0) is 13.7 Å². The van der Waals surface area contributed by atoms with Gasteiger partial charge in [0.15, 0.2) is 0 Å². The van der Waals surface area contributed by atoms with Crippen LogP contribution < -0.4 is 10.6 Å². The third-order valence-corrected chi connectivity index (χ3v) is 6.57. The zero-order chi connectivity index (χ0) is 24.8. The van der Waals surface area contributed by atoms with Crippen molar-refractivity contribution in [3.05, 3.63) is 14.1 Å². The molecule has 0 aliphatic carbocycles. The molecule has 0 heterocycles. The van der Waals surface area contributed by atoms with E-state index in [-0.39, 0.29) is 13.1 Å². The van der Waals surface area contributed by atoms with Crippen molar-refractivity contribution < 1.29 is 43.1 Å². The Morgan fingerprint density at radius 1 is 0.531 bits per heavy atom. The molecule has 0 saturated heterocycles. The standard InChI is InChI=1S/C15H38N5O9P3/c1-16-5-11-19(14-31(24,25)26)9-3-7-18(13-30(21,22)23)8-4-10-20(12-6-17-2)15-32(27,28)29/h16-17H,1-15H2,(H2,21,22,23)(H2,24,25,26)(H2,27,28,29). The first kappa shape index (κ1) is 32.2. The first-order chi connectivity index (χ1) is 14.6. The van der Waals surface area contributed by atoms with E-state index in [0.717, 1.165) is 0 Å². The lowest BCUT2D eigenvalue weighted by Crippen LogP contribution is -2.36. The Morgan fingerprint density at radius 2 is 0.781 bits per heavy atom. The number of nitrogens with zero attached hydrogens (tertiary/aromatic N) is 3. The van der Waals surface area contributed by atoms with E-state index in [1.54, 1.807) is 14.7 Å². The summed E-state index contributed by atoms with van der Waals surface area (Å²) in [5.74, 6) is 0. The van der Waals surface area contributed by atoms with Gasteiger partial charge in [-0.05, 0) is 12.8 Å². The molecule has 0 amide bonds. The lowest BCUT2D eigenvalue weighted by molar-refractivity contribution is 0.221. The van der Waals surface area contributed by atoms with Crippen molar-refractivity contribution >= 4 is 22.8 Å². The largest absolute Gasteiger partial charge is 0.339 e. The molecule has 8 N–H and O–H groups in total. The molecule has 0 aliphatic heterocycles. The molecule has 0 spiro atoms. The number of nitrogens with one attached hydrogen (secondary N) is 2. The van der Waals surface area contributed by atoms with Crippen LogP contribution in [0.1, 0.15) is 12.8 Å². The highest BCUT2D eigenvalue weighted by atomic mass is 31.2. The highest BCUT2D eigenvalue weighted by Crippen LogP contribution is 2.37. The fourth-order valence-corrected chi connectivity index (χ4v) is 5.46. The molecule has 192 valence electrons. The quantitative estimate of drug-likeness (QED) is 0.0883. The fraction of sp³-hybridized carbons (Fsp3) is 0.867. The number of rotatable bonds is 20. The molecule has 0 saturated carbocycles. The van der Waals surface area contributed by atoms with E-state index < -0.39 is 41.6 Å². The van der Waals surface area contributed by atoms with E-state index >= 15 is 0 Å². The molecule has 0 rings (SSSR count). The van der Waals surface area contributed by atoms with Crippen LogP contribution >= 0.6 is 22.8 Å². The van der Waals surface area contributed by atoms with E-state index in [0.29, 0.717) is 52.1 Å². The van der Waals surface area contributed by atoms with Crippen molar-refractivity contribution in [2.24, 2.45) is 0 Å². The third kappa shape index (κ3) is 20.8. The predicted molar refractivity (Wildman–Crippen MR) is 121 cm³/mol. The van der Waals surface area contributed by atoms with Gasteiger partial charge < -0.3 is 40.0 Å². The maximum absolute atomic E-state index is 11.5. The Kier molecular flexibility index (Phi) is 16.1. The van der Waals surface area contributed by atoms with Crippen LogP contribution in [0, 0.1) is 14.1 Å². The number of hydrogen-bond acceptors (Lipinski definition) is 8. The molecule has 32 heavy (non-hydrogen) atoms. The average Bonchev–Trinajstić information content (AvgIpc) is 2.60. The normalized spacial score (nSPS) is 13.6. The molecular weight excluding hydrogens is 487 g/mol. The van der Waals surface area contributed by atoms with Crippen LogP contribution in [0.25, 0.3) is 0 Å². The van der Waals surface area contributed by atoms with Crippen LogP contribution in [0.4, 0.5) is 0 Å². The zero-order valence-corrected chi connectivity index (χ0v) is 20.9. The fourth-order valence-electron chi connectivity index (χ4n) is 3.05. The summed E-state index contributed by atoms with van der Waals surface area (Å²) in [4.78, 5) is 60.2. The summed E-state index contributed by atoms with van der Waals surface area (Å²) in [7, 11) is -5.92. The minimum absolute atomic E-state index is 0.277. The monoisotopic (exact) mass is 525 g/mol. The molecule has 0 aromatic heterocycles. The van der Waals surface area contributed by atoms with Crippen LogP contribution in [0.15, 0.2) is 0 Å². The summed E-state index contributed by atoms with van der Waals surface area (Å²) in [6.45, 7) is 2.72. The minimum Gasteiger partial charge on any atom is -0.324 e. The molecule has 0 unspecified atom stereocenters. The van der Waals surface area contributed by atoms with Crippen molar-refractivity contribution in [2.75, 3.05) is 71.2 Å². The van der Waals surface area contributed by atoms with Gasteiger partial charge in [-0.1, -0.05) is 0 Å². The summed E-state index contributed by atoms with van der Waals surface area (Å²) < 4.78 is 34.1. The summed E-state index contributed by atoms with van der Waals surface area (Å²) in [5.41, 5.74) is 0. The van der Waals surface area contributed by atoms with Crippen molar-refractivity contribution in [3.63, 3.8) is 0 Å². The number of hydrogen-bond donors (Lipinski definition) is 8. The first-order valence-electron chi connectivity index (χ1n) is 9.96. The van der Waals surface area contributed by atoms with Crippen molar-refractivity contribution in [1.29, 1.82) is 0 Å². The van der Waals surface area contributed by atoms with Crippen molar-refractivity contribution in [2.45, 2.75) is 12.8 Å². The maximum atomic E-state index is 11.5. The van der Waals surface area contributed by atoms with E-state index in [4.69, 9.17) is 0 Å². The van der Waals surface area contributed by atoms with E-state index in [9.17, 15) is 43.1 Å². The van der Waals surface area contributed by atoms with E-state index in [2.05, 4.69) is 24.7 Å². The van der Waals surface area contributed by atoms with Gasteiger partial charge in [-0.25, -0.2) is 0 Å². The molecule has 17 heteroatoms. The summed E-state index contributed by atoms with van der Waals surface area (Å²) in [5, 5.41) is 5.31. The third-order valence-electron chi connectivity index (χ3n) is 4.26.